The lowest BCUT2D eigenvalue weighted by Gasteiger charge is -2.03. The van der Waals surface area contributed by atoms with Crippen LogP contribution in [-0.2, 0) is 0 Å². The van der Waals surface area contributed by atoms with Gasteiger partial charge in [-0.15, -0.1) is 0 Å². The number of halogens is 1. The maximum absolute atomic E-state index is 9.13. The molecule has 4 nitrogen and oxygen atoms in total. The molecule has 0 bridgehead atoms. The predicted octanol–water partition coefficient (Wildman–Crippen LogP) is 2.04. The summed E-state index contributed by atoms with van der Waals surface area (Å²) in [6.45, 7) is 0. The molecule has 80 valence electrons. The van der Waals surface area contributed by atoms with Crippen LogP contribution < -0.4 is 5.32 Å². The molecule has 1 rings (SSSR count). The van der Waals surface area contributed by atoms with E-state index < -0.39 is 6.10 Å². The number of rotatable bonds is 3. The fourth-order valence-corrected chi connectivity index (χ4v) is 1.08. The highest BCUT2D eigenvalue weighted by molar-refractivity contribution is 6.30. The van der Waals surface area contributed by atoms with Crippen LogP contribution in [0, 0.1) is 22.7 Å². The summed E-state index contributed by atoms with van der Waals surface area (Å²) in [5.74, 6) is 0. The molecule has 0 aliphatic rings. The van der Waals surface area contributed by atoms with Gasteiger partial charge in [-0.3, -0.25) is 0 Å². The van der Waals surface area contributed by atoms with E-state index in [4.69, 9.17) is 27.2 Å². The van der Waals surface area contributed by atoms with Gasteiger partial charge in [-0.1, -0.05) is 11.6 Å². The van der Waals surface area contributed by atoms with Crippen molar-refractivity contribution in [1.82, 2.24) is 0 Å². The minimum atomic E-state index is -1.41. The van der Waals surface area contributed by atoms with Crippen LogP contribution >= 0.6 is 11.6 Å². The monoisotopic (exact) mass is 233 g/mol. The minimum Gasteiger partial charge on any atom is -0.373 e. The number of aliphatic hydroxyl groups is 1. The van der Waals surface area contributed by atoms with Gasteiger partial charge in [0.05, 0.1) is 11.6 Å². The Hall–Kier alpha value is -2.01. The number of nitrogens with zero attached hydrogens (tertiary/aromatic N) is 2. The summed E-state index contributed by atoms with van der Waals surface area (Å²) in [6, 6.07) is 10.1. The zero-order chi connectivity index (χ0) is 12.0. The number of aliphatic hydroxyl groups excluding tert-OH is 1. The van der Waals surface area contributed by atoms with Gasteiger partial charge in [-0.05, 0) is 24.3 Å². The molecule has 0 radical (unpaired) electrons. The van der Waals surface area contributed by atoms with Gasteiger partial charge in [-0.2, -0.15) is 10.5 Å². The minimum absolute atomic E-state index is 0.0440. The van der Waals surface area contributed by atoms with Crippen LogP contribution in [0.5, 0.6) is 0 Å². The molecule has 0 amide bonds. The second kappa shape index (κ2) is 5.77. The van der Waals surface area contributed by atoms with Crippen molar-refractivity contribution in [2.45, 2.75) is 6.10 Å². The van der Waals surface area contributed by atoms with Crippen LogP contribution in [0.1, 0.15) is 0 Å². The second-order valence-corrected chi connectivity index (χ2v) is 3.33. The van der Waals surface area contributed by atoms with E-state index in [1.807, 2.05) is 0 Å². The van der Waals surface area contributed by atoms with E-state index in [1.165, 1.54) is 6.20 Å². The van der Waals surface area contributed by atoms with Crippen molar-refractivity contribution in [2.75, 3.05) is 5.32 Å². The molecular formula is C11H8ClN3O. The van der Waals surface area contributed by atoms with Crippen molar-refractivity contribution >= 4 is 17.3 Å². The second-order valence-electron chi connectivity index (χ2n) is 2.89. The van der Waals surface area contributed by atoms with E-state index in [2.05, 4.69) is 5.32 Å². The molecule has 2 N–H and O–H groups in total. The molecule has 16 heavy (non-hydrogen) atoms. The number of hydrogen-bond donors (Lipinski definition) is 2. The van der Waals surface area contributed by atoms with Crippen LogP contribution in [0.2, 0.25) is 5.02 Å². The Kier molecular flexibility index (Phi) is 4.35. The third-order valence-electron chi connectivity index (χ3n) is 1.78. The normalized spacial score (nSPS) is 12.4. The number of hydrogen-bond acceptors (Lipinski definition) is 4. The highest BCUT2D eigenvalue weighted by Crippen LogP contribution is 2.13. The van der Waals surface area contributed by atoms with E-state index in [9.17, 15) is 0 Å². The van der Waals surface area contributed by atoms with Crippen LogP contribution in [0.3, 0.4) is 0 Å². The van der Waals surface area contributed by atoms with Crippen LogP contribution in [-0.4, -0.2) is 11.2 Å². The first-order chi connectivity index (χ1) is 7.67. The molecule has 0 saturated heterocycles. The number of nitrogens with one attached hydrogen (secondary N) is 1. The van der Waals surface area contributed by atoms with Gasteiger partial charge in [-0.25, -0.2) is 0 Å². The highest BCUT2D eigenvalue weighted by atomic mass is 35.5. The Morgan fingerprint density at radius 3 is 2.50 bits per heavy atom. The fourth-order valence-electron chi connectivity index (χ4n) is 0.949. The van der Waals surface area contributed by atoms with Crippen LogP contribution in [0.4, 0.5) is 5.69 Å². The third-order valence-corrected chi connectivity index (χ3v) is 2.04. The van der Waals surface area contributed by atoms with E-state index in [0.717, 1.165) is 0 Å². The number of anilines is 1. The predicted molar refractivity (Wildman–Crippen MR) is 60.4 cm³/mol. The molecule has 0 saturated carbocycles. The van der Waals surface area contributed by atoms with E-state index in [1.54, 1.807) is 36.4 Å². The number of nitriles is 2. The SMILES string of the molecule is N#C/C(=C\Nc1ccc(Cl)cc1)[C@@H](O)C#N. The lowest BCUT2D eigenvalue weighted by molar-refractivity contribution is 0.270. The smallest absolute Gasteiger partial charge is 0.177 e. The molecule has 1 atom stereocenters. The summed E-state index contributed by atoms with van der Waals surface area (Å²) in [4.78, 5) is 0. The van der Waals surface area contributed by atoms with Crippen molar-refractivity contribution in [3.8, 4) is 12.1 Å². The fraction of sp³-hybridized carbons (Fsp3) is 0.0909. The van der Waals surface area contributed by atoms with Gasteiger partial charge in [0.1, 0.15) is 6.07 Å². The van der Waals surface area contributed by atoms with Crippen LogP contribution in [0.15, 0.2) is 36.0 Å². The number of benzene rings is 1. The van der Waals surface area contributed by atoms with Gasteiger partial charge in [0.15, 0.2) is 6.10 Å². The largest absolute Gasteiger partial charge is 0.373 e. The molecule has 0 aliphatic carbocycles. The molecule has 1 aromatic rings. The zero-order valence-corrected chi connectivity index (χ0v) is 8.94. The topological polar surface area (TPSA) is 79.8 Å². The average Bonchev–Trinajstić information content (AvgIpc) is 2.31. The van der Waals surface area contributed by atoms with E-state index in [-0.39, 0.29) is 5.57 Å². The Labute approximate surface area is 98.0 Å². The molecule has 0 unspecified atom stereocenters. The van der Waals surface area contributed by atoms with Crippen LogP contribution in [0.25, 0.3) is 0 Å². The first-order valence-electron chi connectivity index (χ1n) is 4.37. The molecule has 0 spiro atoms. The Morgan fingerprint density at radius 2 is 2.00 bits per heavy atom. The maximum Gasteiger partial charge on any atom is 0.177 e. The summed E-state index contributed by atoms with van der Waals surface area (Å²) in [5.41, 5.74) is 0.666. The highest BCUT2D eigenvalue weighted by Gasteiger charge is 2.07. The summed E-state index contributed by atoms with van der Waals surface area (Å²) >= 11 is 5.70. The lowest BCUT2D eigenvalue weighted by atomic mass is 10.2. The van der Waals surface area contributed by atoms with E-state index in [0.29, 0.717) is 10.7 Å². The summed E-state index contributed by atoms with van der Waals surface area (Å²) in [6.07, 6.45) is -0.123. The first kappa shape index (κ1) is 12.1. The third kappa shape index (κ3) is 3.29. The molecule has 0 aliphatic heterocycles. The average molecular weight is 234 g/mol. The van der Waals surface area contributed by atoms with Crippen molar-refractivity contribution in [3.05, 3.63) is 41.1 Å². The Balaban J connectivity index is 2.76. The Morgan fingerprint density at radius 1 is 1.38 bits per heavy atom. The summed E-state index contributed by atoms with van der Waals surface area (Å²) < 4.78 is 0. The molecular weight excluding hydrogens is 226 g/mol. The molecule has 0 heterocycles. The van der Waals surface area contributed by atoms with E-state index >= 15 is 0 Å². The lowest BCUT2D eigenvalue weighted by Crippen LogP contribution is -2.07. The van der Waals surface area contributed by atoms with Crippen molar-refractivity contribution in [2.24, 2.45) is 0 Å². The maximum atomic E-state index is 9.13. The molecule has 0 fully saturated rings. The molecule has 5 heteroatoms. The van der Waals surface area contributed by atoms with Crippen molar-refractivity contribution < 1.29 is 5.11 Å². The molecule has 1 aromatic carbocycles. The van der Waals surface area contributed by atoms with Gasteiger partial charge in [0.25, 0.3) is 0 Å². The standard InChI is InChI=1S/C11H8ClN3O/c12-9-1-3-10(4-2-9)15-7-8(5-13)11(16)6-14/h1-4,7,11,15-16H/b8-7+/t11-/m0/s1. The van der Waals surface area contributed by atoms with Crippen molar-refractivity contribution in [1.29, 1.82) is 10.5 Å². The van der Waals surface area contributed by atoms with Gasteiger partial charge in [0, 0.05) is 16.9 Å². The van der Waals surface area contributed by atoms with Crippen molar-refractivity contribution in [3.63, 3.8) is 0 Å². The first-order valence-corrected chi connectivity index (χ1v) is 4.75. The summed E-state index contributed by atoms with van der Waals surface area (Å²) in [5, 5.41) is 29.6. The molecule has 0 aromatic heterocycles. The summed E-state index contributed by atoms with van der Waals surface area (Å²) in [7, 11) is 0. The zero-order valence-electron chi connectivity index (χ0n) is 8.18. The Bertz CT molecular complexity index is 467. The van der Waals surface area contributed by atoms with Gasteiger partial charge in [0.2, 0.25) is 0 Å². The van der Waals surface area contributed by atoms with Gasteiger partial charge < -0.3 is 10.4 Å². The quantitative estimate of drug-likeness (QED) is 0.619. The van der Waals surface area contributed by atoms with Gasteiger partial charge >= 0.3 is 0 Å².